The van der Waals surface area contributed by atoms with Gasteiger partial charge >= 0.3 is 5.97 Å². The van der Waals surface area contributed by atoms with Crippen LogP contribution < -0.4 is 10.0 Å². The van der Waals surface area contributed by atoms with Gasteiger partial charge < -0.3 is 10.1 Å². The van der Waals surface area contributed by atoms with Gasteiger partial charge in [-0.3, -0.25) is 9.52 Å². The molecule has 2 aromatic carbocycles. The molecule has 0 atom stereocenters. The Morgan fingerprint density at radius 1 is 1.04 bits per heavy atom. The molecule has 0 fully saturated rings. The number of carbonyl (C=O) groups is 2. The lowest BCUT2D eigenvalue weighted by Gasteiger charge is -2.15. The smallest absolute Gasteiger partial charge is 0.340 e. The number of sulfonamides is 1. The maximum Gasteiger partial charge on any atom is 0.340 e. The molecule has 0 aliphatic rings. The van der Waals surface area contributed by atoms with Gasteiger partial charge in [-0.2, -0.15) is 0 Å². The van der Waals surface area contributed by atoms with Crippen molar-refractivity contribution in [2.75, 3.05) is 18.4 Å². The number of rotatable bonds is 6. The Bertz CT molecular complexity index is 960. The summed E-state index contributed by atoms with van der Waals surface area (Å²) in [7, 11) is -2.50. The van der Waals surface area contributed by atoms with Crippen molar-refractivity contribution < 1.29 is 22.7 Å². The number of carbonyl (C=O) groups excluding carboxylic acids is 2. The van der Waals surface area contributed by atoms with Crippen molar-refractivity contribution in [1.82, 2.24) is 5.32 Å². The summed E-state index contributed by atoms with van der Waals surface area (Å²) in [6.07, 6.45) is 0. The molecule has 27 heavy (non-hydrogen) atoms. The van der Waals surface area contributed by atoms with Crippen LogP contribution >= 0.6 is 0 Å². The van der Waals surface area contributed by atoms with E-state index in [4.69, 9.17) is 4.74 Å². The Morgan fingerprint density at radius 3 is 2.22 bits per heavy atom. The Balaban J connectivity index is 2.35. The highest BCUT2D eigenvalue weighted by Crippen LogP contribution is 2.26. The molecule has 0 radical (unpaired) electrons. The molecule has 2 rings (SSSR count). The highest BCUT2D eigenvalue weighted by molar-refractivity contribution is 7.92. The number of amides is 1. The van der Waals surface area contributed by atoms with Crippen LogP contribution in [0.5, 0.6) is 0 Å². The van der Waals surface area contributed by atoms with Gasteiger partial charge in [0.15, 0.2) is 6.61 Å². The van der Waals surface area contributed by atoms with E-state index in [2.05, 4.69) is 10.0 Å². The second-order valence-corrected chi connectivity index (χ2v) is 7.75. The molecule has 0 saturated carbocycles. The molecular weight excluding hydrogens is 368 g/mol. The average molecular weight is 390 g/mol. The molecule has 1 amide bonds. The fourth-order valence-corrected chi connectivity index (χ4v) is 4.35. The molecule has 0 aliphatic heterocycles. The maximum atomic E-state index is 12.9. The molecule has 0 saturated heterocycles. The number of para-hydroxylation sites is 1. The Hall–Kier alpha value is -2.87. The maximum absolute atomic E-state index is 12.9. The van der Waals surface area contributed by atoms with E-state index in [0.29, 0.717) is 11.1 Å². The molecule has 0 unspecified atom stereocenters. The molecule has 0 heterocycles. The van der Waals surface area contributed by atoms with Crippen molar-refractivity contribution in [2.45, 2.75) is 25.7 Å². The van der Waals surface area contributed by atoms with E-state index >= 15 is 0 Å². The number of nitrogens with one attached hydrogen (secondary N) is 2. The van der Waals surface area contributed by atoms with Gasteiger partial charge in [-0.25, -0.2) is 13.2 Å². The molecule has 2 N–H and O–H groups in total. The summed E-state index contributed by atoms with van der Waals surface area (Å²) in [5, 5.41) is 2.34. The molecule has 0 spiro atoms. The zero-order valence-electron chi connectivity index (χ0n) is 15.6. The van der Waals surface area contributed by atoms with E-state index in [9.17, 15) is 18.0 Å². The Labute approximate surface area is 158 Å². The predicted molar refractivity (Wildman–Crippen MR) is 102 cm³/mol. The zero-order chi connectivity index (χ0) is 20.2. The van der Waals surface area contributed by atoms with E-state index in [1.165, 1.54) is 19.2 Å². The lowest BCUT2D eigenvalue weighted by atomic mass is 10.1. The molecule has 0 aliphatic carbocycles. The fourth-order valence-electron chi connectivity index (χ4n) is 2.82. The summed E-state index contributed by atoms with van der Waals surface area (Å²) in [6, 6.07) is 9.64. The molecule has 2 aromatic rings. The van der Waals surface area contributed by atoms with E-state index in [0.717, 1.165) is 5.56 Å². The van der Waals surface area contributed by atoms with Crippen LogP contribution in [0.2, 0.25) is 0 Å². The van der Waals surface area contributed by atoms with Crippen molar-refractivity contribution in [3.63, 3.8) is 0 Å². The molecule has 0 aromatic heterocycles. The number of esters is 1. The summed E-state index contributed by atoms with van der Waals surface area (Å²) >= 11 is 0. The van der Waals surface area contributed by atoms with Gasteiger partial charge in [0.2, 0.25) is 0 Å². The highest BCUT2D eigenvalue weighted by atomic mass is 32.2. The number of anilines is 1. The van der Waals surface area contributed by atoms with Gasteiger partial charge in [0, 0.05) is 7.05 Å². The van der Waals surface area contributed by atoms with E-state index in [1.54, 1.807) is 38.1 Å². The minimum Gasteiger partial charge on any atom is -0.452 e. The lowest BCUT2D eigenvalue weighted by molar-refractivity contribution is -0.123. The third-order valence-corrected chi connectivity index (χ3v) is 5.55. The van der Waals surface area contributed by atoms with Gasteiger partial charge in [-0.05, 0) is 44.0 Å². The van der Waals surface area contributed by atoms with Crippen LogP contribution in [0.1, 0.15) is 27.0 Å². The van der Waals surface area contributed by atoms with Gasteiger partial charge in [0.25, 0.3) is 15.9 Å². The van der Waals surface area contributed by atoms with Crippen LogP contribution in [-0.4, -0.2) is 33.9 Å². The second kappa shape index (κ2) is 8.22. The summed E-state index contributed by atoms with van der Waals surface area (Å²) in [5.74, 6) is -1.26. The Morgan fingerprint density at radius 2 is 1.63 bits per heavy atom. The largest absolute Gasteiger partial charge is 0.452 e. The number of ether oxygens (including phenoxy) is 1. The van der Waals surface area contributed by atoms with E-state index in [1.807, 2.05) is 6.92 Å². The fraction of sp³-hybridized carbons (Fsp3) is 0.263. The minimum atomic E-state index is -3.92. The van der Waals surface area contributed by atoms with Crippen LogP contribution in [0.15, 0.2) is 41.3 Å². The zero-order valence-corrected chi connectivity index (χ0v) is 16.4. The van der Waals surface area contributed by atoms with E-state index < -0.39 is 28.5 Å². The second-order valence-electron chi connectivity index (χ2n) is 6.13. The normalized spacial score (nSPS) is 11.0. The van der Waals surface area contributed by atoms with Crippen LogP contribution in [0, 0.1) is 20.8 Å². The number of likely N-dealkylation sites (N-methyl/N-ethyl adjacent to an activating group) is 1. The first-order valence-electron chi connectivity index (χ1n) is 8.23. The van der Waals surface area contributed by atoms with Crippen LogP contribution in [0.25, 0.3) is 0 Å². The molecule has 0 bridgehead atoms. The van der Waals surface area contributed by atoms with Gasteiger partial charge in [0.05, 0.1) is 16.1 Å². The predicted octanol–water partition coefficient (Wildman–Crippen LogP) is 2.32. The van der Waals surface area contributed by atoms with Gasteiger partial charge in [-0.15, -0.1) is 0 Å². The monoisotopic (exact) mass is 390 g/mol. The summed E-state index contributed by atoms with van der Waals surface area (Å²) < 4.78 is 33.2. The number of hydrogen-bond acceptors (Lipinski definition) is 5. The minimum absolute atomic E-state index is 0.0207. The summed E-state index contributed by atoms with van der Waals surface area (Å²) in [5.41, 5.74) is 2.28. The quantitative estimate of drug-likeness (QED) is 0.737. The molecule has 144 valence electrons. The van der Waals surface area contributed by atoms with Crippen LogP contribution in [0.3, 0.4) is 0 Å². The van der Waals surface area contributed by atoms with E-state index in [-0.39, 0.29) is 16.1 Å². The van der Waals surface area contributed by atoms with Crippen molar-refractivity contribution in [3.05, 3.63) is 58.7 Å². The first-order valence-corrected chi connectivity index (χ1v) is 9.71. The molecule has 8 heteroatoms. The van der Waals surface area contributed by atoms with Crippen molar-refractivity contribution in [3.8, 4) is 0 Å². The van der Waals surface area contributed by atoms with Crippen LogP contribution in [-0.2, 0) is 19.6 Å². The Kier molecular flexibility index (Phi) is 6.22. The van der Waals surface area contributed by atoms with Gasteiger partial charge in [0.1, 0.15) is 0 Å². The average Bonchev–Trinajstić information content (AvgIpc) is 2.58. The van der Waals surface area contributed by atoms with Crippen molar-refractivity contribution in [1.29, 1.82) is 0 Å². The summed E-state index contributed by atoms with van der Waals surface area (Å²) in [6.45, 7) is 4.88. The topological polar surface area (TPSA) is 102 Å². The van der Waals surface area contributed by atoms with Gasteiger partial charge in [-0.1, -0.05) is 29.8 Å². The third kappa shape index (κ3) is 4.85. The molecular formula is C19H22N2O5S. The van der Waals surface area contributed by atoms with Crippen molar-refractivity contribution in [2.24, 2.45) is 0 Å². The third-order valence-electron chi connectivity index (χ3n) is 3.88. The SMILES string of the molecule is CNC(=O)COC(=O)c1ccccc1NS(=O)(=O)c1c(C)cc(C)cc1C. The standard InChI is InChI=1S/C19H22N2O5S/c1-12-9-13(2)18(14(3)10-12)27(24,25)21-16-8-6-5-7-15(16)19(23)26-11-17(22)20-4/h5-10,21H,11H2,1-4H3,(H,20,22). The lowest BCUT2D eigenvalue weighted by Crippen LogP contribution is -2.25. The number of benzene rings is 2. The van der Waals surface area contributed by atoms with Crippen molar-refractivity contribution >= 4 is 27.6 Å². The number of hydrogen-bond donors (Lipinski definition) is 2. The first-order chi connectivity index (χ1) is 12.7. The number of aryl methyl sites for hydroxylation is 3. The summed E-state index contributed by atoms with van der Waals surface area (Å²) in [4.78, 5) is 23.7. The van der Waals surface area contributed by atoms with Crippen LogP contribution in [0.4, 0.5) is 5.69 Å². The molecule has 7 nitrogen and oxygen atoms in total. The highest BCUT2D eigenvalue weighted by Gasteiger charge is 2.23. The first kappa shape index (κ1) is 20.4.